The molecule has 8 nitrogen and oxygen atoms in total. The summed E-state index contributed by atoms with van der Waals surface area (Å²) >= 11 is 0. The van der Waals surface area contributed by atoms with E-state index in [1.807, 2.05) is 6.07 Å². The quantitative estimate of drug-likeness (QED) is 0.430. The molecule has 0 bridgehead atoms. The summed E-state index contributed by atoms with van der Waals surface area (Å²) in [7, 11) is 1.80. The zero-order valence-electron chi connectivity index (χ0n) is 17.3. The van der Waals surface area contributed by atoms with Gasteiger partial charge in [-0.1, -0.05) is 18.2 Å². The second-order valence-electron chi connectivity index (χ2n) is 7.32. The summed E-state index contributed by atoms with van der Waals surface area (Å²) in [5.74, 6) is 1.56. The molecule has 11 heteroatoms. The third-order valence-electron chi connectivity index (χ3n) is 5.16. The van der Waals surface area contributed by atoms with Crippen LogP contribution in [-0.4, -0.2) is 34.3 Å². The van der Waals surface area contributed by atoms with Gasteiger partial charge in [0.1, 0.15) is 11.6 Å². The van der Waals surface area contributed by atoms with Gasteiger partial charge in [-0.05, 0) is 29.8 Å². The molecule has 4 heterocycles. The molecular formula is C22H17F3N8. The van der Waals surface area contributed by atoms with E-state index < -0.39 is 11.7 Å². The Labute approximate surface area is 185 Å². The molecule has 0 aliphatic heterocycles. The van der Waals surface area contributed by atoms with E-state index in [0.717, 1.165) is 17.4 Å². The SMILES string of the molecule is Cn1nccc1Nc1nccc(-c2ccn3c(Cc4ccccc4C(F)(F)F)nnc3c2)n1. The van der Waals surface area contributed by atoms with Gasteiger partial charge in [0, 0.05) is 37.5 Å². The number of fused-ring (bicyclic) bond motifs is 1. The third-order valence-corrected chi connectivity index (χ3v) is 5.16. The Hall–Kier alpha value is -4.28. The van der Waals surface area contributed by atoms with Gasteiger partial charge in [0.15, 0.2) is 5.65 Å². The summed E-state index contributed by atoms with van der Waals surface area (Å²) in [5.41, 5.74) is 1.40. The highest BCUT2D eigenvalue weighted by Crippen LogP contribution is 2.32. The first-order valence-corrected chi connectivity index (χ1v) is 9.96. The summed E-state index contributed by atoms with van der Waals surface area (Å²) in [6.07, 6.45) is 0.595. The number of aryl methyl sites for hydroxylation is 1. The molecule has 0 aliphatic rings. The summed E-state index contributed by atoms with van der Waals surface area (Å²) in [5, 5.41) is 15.5. The van der Waals surface area contributed by atoms with Crippen LogP contribution in [0.4, 0.5) is 24.9 Å². The van der Waals surface area contributed by atoms with Crippen molar-refractivity contribution in [3.05, 3.63) is 84.1 Å². The summed E-state index contributed by atoms with van der Waals surface area (Å²) in [6, 6.07) is 12.6. The van der Waals surface area contributed by atoms with E-state index in [1.165, 1.54) is 12.1 Å². The number of anilines is 2. The second kappa shape index (κ2) is 8.01. The fraction of sp³-hybridized carbons (Fsp3) is 0.136. The number of pyridine rings is 1. The Bertz CT molecular complexity index is 1440. The second-order valence-corrected chi connectivity index (χ2v) is 7.32. The summed E-state index contributed by atoms with van der Waals surface area (Å²) in [4.78, 5) is 8.77. The molecule has 0 saturated carbocycles. The van der Waals surface area contributed by atoms with Crippen LogP contribution in [0.1, 0.15) is 17.0 Å². The molecule has 5 aromatic rings. The van der Waals surface area contributed by atoms with Crippen molar-refractivity contribution in [3.63, 3.8) is 0 Å². The van der Waals surface area contributed by atoms with Crippen molar-refractivity contribution in [3.8, 4) is 11.3 Å². The largest absolute Gasteiger partial charge is 0.416 e. The summed E-state index contributed by atoms with van der Waals surface area (Å²) in [6.45, 7) is 0. The number of halogens is 3. The fourth-order valence-corrected chi connectivity index (χ4v) is 3.53. The number of hydrogen-bond donors (Lipinski definition) is 1. The maximum Gasteiger partial charge on any atom is 0.416 e. The molecule has 0 radical (unpaired) electrons. The molecular weight excluding hydrogens is 433 g/mol. The average Bonchev–Trinajstić information content (AvgIpc) is 3.39. The van der Waals surface area contributed by atoms with Crippen molar-refractivity contribution in [2.24, 2.45) is 7.05 Å². The van der Waals surface area contributed by atoms with Gasteiger partial charge in [-0.3, -0.25) is 9.08 Å². The molecule has 0 amide bonds. The fourth-order valence-electron chi connectivity index (χ4n) is 3.53. The molecule has 33 heavy (non-hydrogen) atoms. The molecule has 166 valence electrons. The molecule has 1 N–H and O–H groups in total. The standard InChI is InChI=1S/C22H17F3N8/c1-32-18(7-10-27-32)29-21-26-9-6-17(28-21)15-8-11-33-19(30-31-20(33)13-15)12-14-4-2-3-5-16(14)22(23,24)25/h2-11,13H,12H2,1H3,(H,26,28,29). The first-order valence-electron chi connectivity index (χ1n) is 9.96. The van der Waals surface area contributed by atoms with Crippen molar-refractivity contribution in [1.82, 2.24) is 34.3 Å². The number of benzene rings is 1. The van der Waals surface area contributed by atoms with Gasteiger partial charge < -0.3 is 5.32 Å². The van der Waals surface area contributed by atoms with Crippen molar-refractivity contribution in [2.45, 2.75) is 12.6 Å². The van der Waals surface area contributed by atoms with Crippen LogP contribution >= 0.6 is 0 Å². The number of aromatic nitrogens is 7. The highest BCUT2D eigenvalue weighted by molar-refractivity contribution is 5.65. The lowest BCUT2D eigenvalue weighted by Gasteiger charge is -2.12. The molecule has 0 fully saturated rings. The summed E-state index contributed by atoms with van der Waals surface area (Å²) < 4.78 is 43.4. The van der Waals surface area contributed by atoms with Gasteiger partial charge in [0.25, 0.3) is 0 Å². The molecule has 0 saturated heterocycles. The van der Waals surface area contributed by atoms with E-state index in [-0.39, 0.29) is 12.0 Å². The van der Waals surface area contributed by atoms with Crippen LogP contribution in [0.5, 0.6) is 0 Å². The van der Waals surface area contributed by atoms with Gasteiger partial charge in [-0.25, -0.2) is 9.97 Å². The zero-order valence-corrected chi connectivity index (χ0v) is 17.3. The van der Waals surface area contributed by atoms with Gasteiger partial charge in [-0.2, -0.15) is 18.3 Å². The van der Waals surface area contributed by atoms with E-state index in [2.05, 4.69) is 30.6 Å². The minimum atomic E-state index is -4.43. The van der Waals surface area contributed by atoms with E-state index in [4.69, 9.17) is 0 Å². The van der Waals surface area contributed by atoms with Crippen molar-refractivity contribution >= 4 is 17.4 Å². The lowest BCUT2D eigenvalue weighted by Crippen LogP contribution is -2.10. The van der Waals surface area contributed by atoms with Crippen LogP contribution in [0.25, 0.3) is 16.9 Å². The molecule has 5 rings (SSSR count). The normalized spacial score (nSPS) is 11.8. The minimum Gasteiger partial charge on any atom is -0.309 e. The number of alkyl halides is 3. The maximum atomic E-state index is 13.3. The lowest BCUT2D eigenvalue weighted by atomic mass is 10.0. The van der Waals surface area contributed by atoms with Crippen molar-refractivity contribution in [2.75, 3.05) is 5.32 Å². The smallest absolute Gasteiger partial charge is 0.309 e. The van der Waals surface area contributed by atoms with Crippen LogP contribution in [0.3, 0.4) is 0 Å². The Morgan fingerprint density at radius 1 is 1.00 bits per heavy atom. The highest BCUT2D eigenvalue weighted by atomic mass is 19.4. The first-order chi connectivity index (χ1) is 15.9. The van der Waals surface area contributed by atoms with Gasteiger partial charge in [0.2, 0.25) is 5.95 Å². The number of hydrogen-bond acceptors (Lipinski definition) is 6. The van der Waals surface area contributed by atoms with Crippen molar-refractivity contribution in [1.29, 1.82) is 0 Å². The Balaban J connectivity index is 1.44. The molecule has 1 aromatic carbocycles. The Kier molecular flexibility index (Phi) is 5.00. The number of nitrogens with one attached hydrogen (secondary N) is 1. The van der Waals surface area contributed by atoms with Gasteiger partial charge in [0.05, 0.1) is 17.5 Å². The predicted octanol–water partition coefficient (Wildman–Crippen LogP) is 4.27. The third kappa shape index (κ3) is 4.12. The van der Waals surface area contributed by atoms with Gasteiger partial charge >= 0.3 is 6.18 Å². The van der Waals surface area contributed by atoms with Crippen LogP contribution in [-0.2, 0) is 19.6 Å². The monoisotopic (exact) mass is 450 g/mol. The van der Waals surface area contributed by atoms with Crippen LogP contribution in [0, 0.1) is 0 Å². The molecule has 4 aromatic heterocycles. The number of nitrogens with zero attached hydrogens (tertiary/aromatic N) is 7. The average molecular weight is 450 g/mol. The van der Waals surface area contributed by atoms with E-state index in [0.29, 0.717) is 23.1 Å². The Morgan fingerprint density at radius 2 is 1.85 bits per heavy atom. The minimum absolute atomic E-state index is 0.00245. The van der Waals surface area contributed by atoms with Crippen molar-refractivity contribution < 1.29 is 13.2 Å². The highest BCUT2D eigenvalue weighted by Gasteiger charge is 2.33. The Morgan fingerprint density at radius 3 is 2.64 bits per heavy atom. The lowest BCUT2D eigenvalue weighted by molar-refractivity contribution is -0.138. The number of rotatable bonds is 5. The van der Waals surface area contributed by atoms with Crippen LogP contribution in [0.2, 0.25) is 0 Å². The van der Waals surface area contributed by atoms with E-state index in [9.17, 15) is 13.2 Å². The van der Waals surface area contributed by atoms with Crippen LogP contribution < -0.4 is 5.32 Å². The van der Waals surface area contributed by atoms with Gasteiger partial charge in [-0.15, -0.1) is 10.2 Å². The molecule has 0 unspecified atom stereocenters. The topological polar surface area (TPSA) is 85.8 Å². The maximum absolute atomic E-state index is 13.3. The van der Waals surface area contributed by atoms with E-state index in [1.54, 1.807) is 59.0 Å². The van der Waals surface area contributed by atoms with Crippen LogP contribution in [0.15, 0.2) is 67.1 Å². The molecule has 0 aliphatic carbocycles. The first kappa shape index (κ1) is 20.6. The zero-order chi connectivity index (χ0) is 23.0. The molecule has 0 spiro atoms. The molecule has 0 atom stereocenters. The van der Waals surface area contributed by atoms with E-state index >= 15 is 0 Å². The predicted molar refractivity (Wildman–Crippen MR) is 115 cm³/mol.